The number of nitrogens with one attached hydrogen (secondary N) is 1. The fourth-order valence-electron chi connectivity index (χ4n) is 5.00. The molecule has 0 aliphatic heterocycles. The number of benzene rings is 1. The van der Waals surface area contributed by atoms with Crippen molar-refractivity contribution in [2.24, 2.45) is 0 Å². The van der Waals surface area contributed by atoms with Gasteiger partial charge in [-0.05, 0) is 61.9 Å². The molecule has 0 saturated heterocycles. The van der Waals surface area contributed by atoms with Gasteiger partial charge >= 0.3 is 0 Å². The number of hydrogen-bond donors (Lipinski definition) is 2. The predicted octanol–water partition coefficient (Wildman–Crippen LogP) is 6.81. The van der Waals surface area contributed by atoms with E-state index in [-0.39, 0.29) is 17.0 Å². The van der Waals surface area contributed by atoms with Crippen LogP contribution >= 0.6 is 23.2 Å². The summed E-state index contributed by atoms with van der Waals surface area (Å²) in [5.41, 5.74) is 5.33. The summed E-state index contributed by atoms with van der Waals surface area (Å²) in [6, 6.07) is 5.21. The molecule has 33 heavy (non-hydrogen) atoms. The van der Waals surface area contributed by atoms with Crippen LogP contribution < -0.4 is 0 Å². The summed E-state index contributed by atoms with van der Waals surface area (Å²) >= 11 is 12.7. The van der Waals surface area contributed by atoms with Crippen LogP contribution in [0.5, 0.6) is 0 Å². The number of aliphatic hydroxyl groups is 1. The quantitative estimate of drug-likeness (QED) is 0.311. The fraction of sp³-hybridized carbons (Fsp3) is 0.360. The van der Waals surface area contributed by atoms with Gasteiger partial charge in [0.2, 0.25) is 0 Å². The van der Waals surface area contributed by atoms with Gasteiger partial charge in [0.15, 0.2) is 0 Å². The first-order valence-corrected chi connectivity index (χ1v) is 11.9. The lowest BCUT2D eigenvalue weighted by Gasteiger charge is -2.26. The van der Waals surface area contributed by atoms with Crippen molar-refractivity contribution in [1.82, 2.24) is 19.7 Å². The number of nitrogens with zero attached hydrogens (tertiary/aromatic N) is 3. The number of rotatable bonds is 4. The van der Waals surface area contributed by atoms with Crippen molar-refractivity contribution in [3.05, 3.63) is 69.5 Å². The molecule has 0 amide bonds. The maximum atomic E-state index is 14.1. The number of pyridine rings is 1. The van der Waals surface area contributed by atoms with Crippen molar-refractivity contribution in [2.45, 2.75) is 57.6 Å². The third kappa shape index (κ3) is 3.94. The third-order valence-electron chi connectivity index (χ3n) is 6.91. The Labute approximate surface area is 201 Å². The molecular formula is C25H25Cl2FN4O. The van der Waals surface area contributed by atoms with Crippen LogP contribution in [0, 0.1) is 12.7 Å². The molecule has 5 nitrogen and oxygen atoms in total. The first-order valence-electron chi connectivity index (χ1n) is 11.2. The topological polar surface area (TPSA) is 66.7 Å². The predicted molar refractivity (Wildman–Crippen MR) is 130 cm³/mol. The Bertz CT molecular complexity index is 1320. The third-order valence-corrected chi connectivity index (χ3v) is 7.62. The Balaban J connectivity index is 1.53. The minimum Gasteiger partial charge on any atom is -0.393 e. The minimum atomic E-state index is -0.486. The molecule has 1 aliphatic rings. The lowest BCUT2D eigenvalue weighted by molar-refractivity contribution is 0.107. The average molecular weight is 487 g/mol. The zero-order valence-electron chi connectivity index (χ0n) is 18.4. The molecule has 1 atom stereocenters. The molecule has 4 aromatic rings. The molecule has 1 fully saturated rings. The standard InChI is InChI=1S/C25H25Cl2FN4O/c1-13(23-21(26)7-8-22(28)24(23)27)19-11-30-25-18(19)9-15(10-29-25)20-12-31-32(14(20)2)16-3-5-17(33)6-4-16/h7-13,16-17,33H,3-6H2,1-2H3,(H,29,30)/t13-,16?,17?/m0/s1. The van der Waals surface area contributed by atoms with Gasteiger partial charge in [-0.3, -0.25) is 4.68 Å². The number of aromatic nitrogens is 4. The summed E-state index contributed by atoms with van der Waals surface area (Å²) in [5, 5.41) is 15.9. The Morgan fingerprint density at radius 1 is 1.18 bits per heavy atom. The Hall–Kier alpha value is -2.41. The van der Waals surface area contributed by atoms with Crippen LogP contribution in [0.3, 0.4) is 0 Å². The summed E-state index contributed by atoms with van der Waals surface area (Å²) in [5.74, 6) is -0.719. The molecular weight excluding hydrogens is 462 g/mol. The molecule has 0 spiro atoms. The molecule has 1 saturated carbocycles. The molecule has 3 heterocycles. The van der Waals surface area contributed by atoms with E-state index in [9.17, 15) is 9.50 Å². The van der Waals surface area contributed by atoms with Gasteiger partial charge in [0.05, 0.1) is 23.4 Å². The number of fused-ring (bicyclic) bond motifs is 1. The van der Waals surface area contributed by atoms with Crippen molar-refractivity contribution < 1.29 is 9.50 Å². The van der Waals surface area contributed by atoms with E-state index in [1.165, 1.54) is 12.1 Å². The van der Waals surface area contributed by atoms with E-state index >= 15 is 0 Å². The molecule has 1 aromatic carbocycles. The van der Waals surface area contributed by atoms with Crippen LogP contribution in [0.15, 0.2) is 36.8 Å². The molecule has 2 N–H and O–H groups in total. The highest BCUT2D eigenvalue weighted by Crippen LogP contribution is 2.40. The van der Waals surface area contributed by atoms with Gasteiger partial charge in [-0.25, -0.2) is 9.37 Å². The average Bonchev–Trinajstić information content (AvgIpc) is 3.40. The maximum Gasteiger partial charge on any atom is 0.142 e. The van der Waals surface area contributed by atoms with Crippen molar-refractivity contribution in [3.63, 3.8) is 0 Å². The maximum absolute atomic E-state index is 14.1. The highest BCUT2D eigenvalue weighted by molar-refractivity contribution is 6.36. The Morgan fingerprint density at radius 3 is 2.70 bits per heavy atom. The summed E-state index contributed by atoms with van der Waals surface area (Å²) < 4.78 is 16.2. The van der Waals surface area contributed by atoms with E-state index in [1.54, 1.807) is 0 Å². The molecule has 3 aromatic heterocycles. The lowest BCUT2D eigenvalue weighted by atomic mass is 9.92. The van der Waals surface area contributed by atoms with E-state index in [2.05, 4.69) is 32.7 Å². The van der Waals surface area contributed by atoms with Crippen LogP contribution in [0.4, 0.5) is 4.39 Å². The lowest BCUT2D eigenvalue weighted by Crippen LogP contribution is -2.22. The SMILES string of the molecule is Cc1c(-c2cnc3[nH]cc([C@H](C)c4c(Cl)ccc(F)c4Cl)c3c2)cnn1C1CCC(O)CC1. The van der Waals surface area contributed by atoms with E-state index in [0.717, 1.165) is 59.1 Å². The number of H-pyrrole nitrogens is 1. The van der Waals surface area contributed by atoms with Crippen LogP contribution in [-0.4, -0.2) is 31.0 Å². The summed E-state index contributed by atoms with van der Waals surface area (Å²) in [7, 11) is 0. The van der Waals surface area contributed by atoms with Gasteiger partial charge < -0.3 is 10.1 Å². The van der Waals surface area contributed by atoms with E-state index < -0.39 is 5.82 Å². The zero-order valence-corrected chi connectivity index (χ0v) is 20.0. The first-order chi connectivity index (χ1) is 15.8. The highest BCUT2D eigenvalue weighted by atomic mass is 35.5. The molecule has 1 aliphatic carbocycles. The van der Waals surface area contributed by atoms with Crippen molar-refractivity contribution in [2.75, 3.05) is 0 Å². The summed E-state index contributed by atoms with van der Waals surface area (Å²) in [6.07, 6.45) is 8.88. The number of halogens is 3. The number of aliphatic hydroxyl groups excluding tert-OH is 1. The summed E-state index contributed by atoms with van der Waals surface area (Å²) in [6.45, 7) is 4.03. The first kappa shape index (κ1) is 22.4. The fourth-order valence-corrected chi connectivity index (χ4v) is 5.70. The monoisotopic (exact) mass is 486 g/mol. The minimum absolute atomic E-state index is 0.0446. The molecule has 8 heteroatoms. The van der Waals surface area contributed by atoms with Gasteiger partial charge in [-0.1, -0.05) is 30.1 Å². The molecule has 5 rings (SSSR count). The Morgan fingerprint density at radius 2 is 1.94 bits per heavy atom. The largest absolute Gasteiger partial charge is 0.393 e. The van der Waals surface area contributed by atoms with Gasteiger partial charge in [-0.15, -0.1) is 0 Å². The van der Waals surface area contributed by atoms with Gasteiger partial charge in [-0.2, -0.15) is 5.10 Å². The molecule has 0 radical (unpaired) electrons. The molecule has 172 valence electrons. The highest BCUT2D eigenvalue weighted by Gasteiger charge is 2.25. The van der Waals surface area contributed by atoms with Gasteiger partial charge in [0, 0.05) is 45.5 Å². The van der Waals surface area contributed by atoms with Crippen LogP contribution in [0.25, 0.3) is 22.2 Å². The van der Waals surface area contributed by atoms with E-state index in [0.29, 0.717) is 16.6 Å². The van der Waals surface area contributed by atoms with Gasteiger partial charge in [0.1, 0.15) is 11.5 Å². The molecule has 0 bridgehead atoms. The zero-order chi connectivity index (χ0) is 23.3. The van der Waals surface area contributed by atoms with Crippen molar-refractivity contribution >= 4 is 34.2 Å². The van der Waals surface area contributed by atoms with Crippen molar-refractivity contribution in [1.29, 1.82) is 0 Å². The summed E-state index contributed by atoms with van der Waals surface area (Å²) in [4.78, 5) is 7.83. The second-order valence-corrected chi connectivity index (χ2v) is 9.68. The van der Waals surface area contributed by atoms with Gasteiger partial charge in [0.25, 0.3) is 0 Å². The second kappa shape index (κ2) is 8.75. The second-order valence-electron chi connectivity index (χ2n) is 8.89. The van der Waals surface area contributed by atoms with Crippen LogP contribution in [0.2, 0.25) is 10.0 Å². The molecule has 0 unspecified atom stereocenters. The van der Waals surface area contributed by atoms with Crippen molar-refractivity contribution in [3.8, 4) is 11.1 Å². The van der Waals surface area contributed by atoms with Crippen LogP contribution in [-0.2, 0) is 0 Å². The van der Waals surface area contributed by atoms with E-state index in [1.807, 2.05) is 25.5 Å². The normalized spacial score (nSPS) is 19.8. The smallest absolute Gasteiger partial charge is 0.142 e. The van der Waals surface area contributed by atoms with E-state index in [4.69, 9.17) is 23.2 Å². The Kier molecular flexibility index (Phi) is 5.93. The number of hydrogen-bond acceptors (Lipinski definition) is 3. The van der Waals surface area contributed by atoms with Crippen LogP contribution in [0.1, 0.15) is 61.4 Å². The number of aromatic amines is 1.